The third-order valence-corrected chi connectivity index (χ3v) is 4.19. The molecule has 0 radical (unpaired) electrons. The average Bonchev–Trinajstić information content (AvgIpc) is 2.51. The lowest BCUT2D eigenvalue weighted by Crippen LogP contribution is -2.25. The molecule has 2 fully saturated rings. The second kappa shape index (κ2) is 4.38. The molecule has 4 nitrogen and oxygen atoms in total. The SMILES string of the molecule is COC(=O)CC1(CN=C=O)C[C@H]2CC[C@H]2C1. The zero-order chi connectivity index (χ0) is 11.6. The van der Waals surface area contributed by atoms with Crippen molar-refractivity contribution in [3.63, 3.8) is 0 Å². The summed E-state index contributed by atoms with van der Waals surface area (Å²) < 4.78 is 4.73. The lowest BCUT2D eigenvalue weighted by Gasteiger charge is -2.29. The summed E-state index contributed by atoms with van der Waals surface area (Å²) in [7, 11) is 1.41. The number of fused-ring (bicyclic) bond motifs is 1. The van der Waals surface area contributed by atoms with Gasteiger partial charge in [-0.15, -0.1) is 0 Å². The Morgan fingerprint density at radius 1 is 1.44 bits per heavy atom. The predicted octanol–water partition coefficient (Wildman–Crippen LogP) is 1.69. The number of isocyanates is 1. The molecule has 16 heavy (non-hydrogen) atoms. The molecule has 2 aliphatic carbocycles. The summed E-state index contributed by atoms with van der Waals surface area (Å²) in [5.74, 6) is 1.29. The van der Waals surface area contributed by atoms with Gasteiger partial charge >= 0.3 is 5.97 Å². The van der Waals surface area contributed by atoms with Crippen molar-refractivity contribution in [1.29, 1.82) is 0 Å². The Morgan fingerprint density at radius 2 is 2.06 bits per heavy atom. The Morgan fingerprint density at radius 3 is 2.50 bits per heavy atom. The van der Waals surface area contributed by atoms with Gasteiger partial charge in [0.05, 0.1) is 20.1 Å². The smallest absolute Gasteiger partial charge is 0.306 e. The van der Waals surface area contributed by atoms with Gasteiger partial charge in [0.1, 0.15) is 0 Å². The number of methoxy groups -OCH3 is 1. The minimum absolute atomic E-state index is 0.129. The van der Waals surface area contributed by atoms with Gasteiger partial charge in [-0.1, -0.05) is 0 Å². The Kier molecular flexibility index (Phi) is 3.10. The van der Waals surface area contributed by atoms with Crippen LogP contribution in [0.5, 0.6) is 0 Å². The van der Waals surface area contributed by atoms with Gasteiger partial charge in [0.25, 0.3) is 0 Å². The largest absolute Gasteiger partial charge is 0.469 e. The molecular formula is C12H17NO3. The van der Waals surface area contributed by atoms with Crippen molar-refractivity contribution >= 4 is 12.0 Å². The highest BCUT2D eigenvalue weighted by Crippen LogP contribution is 2.56. The maximum atomic E-state index is 11.4. The topological polar surface area (TPSA) is 55.7 Å². The van der Waals surface area contributed by atoms with Crippen LogP contribution in [0.2, 0.25) is 0 Å². The van der Waals surface area contributed by atoms with E-state index in [9.17, 15) is 9.59 Å². The third-order valence-electron chi connectivity index (χ3n) is 4.19. The summed E-state index contributed by atoms with van der Waals surface area (Å²) >= 11 is 0. The zero-order valence-corrected chi connectivity index (χ0v) is 9.57. The van der Waals surface area contributed by atoms with Crippen molar-refractivity contribution in [1.82, 2.24) is 0 Å². The lowest BCUT2D eigenvalue weighted by molar-refractivity contribution is -0.143. The fraction of sp³-hybridized carbons (Fsp3) is 0.833. The maximum Gasteiger partial charge on any atom is 0.306 e. The highest BCUT2D eigenvalue weighted by Gasteiger charge is 2.50. The van der Waals surface area contributed by atoms with Crippen LogP contribution >= 0.6 is 0 Å². The average molecular weight is 223 g/mol. The van der Waals surface area contributed by atoms with E-state index in [0.717, 1.165) is 24.7 Å². The molecule has 0 aliphatic heterocycles. The summed E-state index contributed by atoms with van der Waals surface area (Å²) in [5.41, 5.74) is -0.129. The molecule has 2 aliphatic rings. The van der Waals surface area contributed by atoms with Crippen molar-refractivity contribution < 1.29 is 14.3 Å². The fourth-order valence-corrected chi connectivity index (χ4v) is 3.28. The van der Waals surface area contributed by atoms with Gasteiger partial charge in [0.15, 0.2) is 0 Å². The Bertz CT molecular complexity index is 321. The van der Waals surface area contributed by atoms with Crippen LogP contribution in [0.1, 0.15) is 32.1 Å². The summed E-state index contributed by atoms with van der Waals surface area (Å²) in [5, 5.41) is 0. The van der Waals surface area contributed by atoms with Gasteiger partial charge in [0, 0.05) is 5.41 Å². The Hall–Kier alpha value is -1.15. The number of esters is 1. The second-order valence-electron chi connectivity index (χ2n) is 5.17. The van der Waals surface area contributed by atoms with E-state index in [4.69, 9.17) is 4.74 Å². The molecule has 0 spiro atoms. The summed E-state index contributed by atoms with van der Waals surface area (Å²) in [4.78, 5) is 25.3. The molecule has 0 aromatic rings. The van der Waals surface area contributed by atoms with Gasteiger partial charge in [-0.25, -0.2) is 9.79 Å². The molecule has 0 amide bonds. The summed E-state index contributed by atoms with van der Waals surface area (Å²) in [6.07, 6.45) is 6.52. The van der Waals surface area contributed by atoms with E-state index in [1.807, 2.05) is 0 Å². The first-order chi connectivity index (χ1) is 7.69. The van der Waals surface area contributed by atoms with Gasteiger partial charge in [0.2, 0.25) is 6.08 Å². The van der Waals surface area contributed by atoms with E-state index in [-0.39, 0.29) is 11.4 Å². The van der Waals surface area contributed by atoms with E-state index >= 15 is 0 Å². The van der Waals surface area contributed by atoms with Crippen molar-refractivity contribution in [2.24, 2.45) is 22.2 Å². The highest BCUT2D eigenvalue weighted by atomic mass is 16.5. The minimum atomic E-state index is -0.192. The molecule has 0 saturated heterocycles. The molecule has 1 unspecified atom stereocenters. The number of carbonyl (C=O) groups excluding carboxylic acids is 2. The lowest BCUT2D eigenvalue weighted by atomic mass is 9.77. The monoisotopic (exact) mass is 223 g/mol. The number of aliphatic imine (C=N–C) groups is 1. The van der Waals surface area contributed by atoms with Crippen LogP contribution in [0.15, 0.2) is 4.99 Å². The molecule has 0 N–H and O–H groups in total. The molecule has 0 aromatic carbocycles. The molecule has 0 heterocycles. The van der Waals surface area contributed by atoms with Crippen LogP contribution in [-0.2, 0) is 14.3 Å². The van der Waals surface area contributed by atoms with Crippen LogP contribution < -0.4 is 0 Å². The molecular weight excluding hydrogens is 206 g/mol. The number of ether oxygens (including phenoxy) is 1. The number of nitrogens with zero attached hydrogens (tertiary/aromatic N) is 1. The Balaban J connectivity index is 2.06. The number of carbonyl (C=O) groups is 1. The number of rotatable bonds is 4. The van der Waals surface area contributed by atoms with Gasteiger partial charge in [-0.05, 0) is 37.5 Å². The number of hydrogen-bond donors (Lipinski definition) is 0. The first kappa shape index (κ1) is 11.3. The molecule has 2 rings (SSSR count). The summed E-state index contributed by atoms with van der Waals surface area (Å²) in [6, 6.07) is 0. The van der Waals surface area contributed by atoms with E-state index < -0.39 is 0 Å². The van der Waals surface area contributed by atoms with Crippen LogP contribution in [0, 0.1) is 17.3 Å². The first-order valence-corrected chi connectivity index (χ1v) is 5.79. The zero-order valence-electron chi connectivity index (χ0n) is 9.57. The molecule has 0 bridgehead atoms. The van der Waals surface area contributed by atoms with E-state index in [2.05, 4.69) is 4.99 Å². The van der Waals surface area contributed by atoms with Crippen LogP contribution in [0.3, 0.4) is 0 Å². The van der Waals surface area contributed by atoms with Gasteiger partial charge in [-0.3, -0.25) is 4.79 Å². The quantitative estimate of drug-likeness (QED) is 0.414. The van der Waals surface area contributed by atoms with E-state index in [1.165, 1.54) is 20.0 Å². The molecule has 2 saturated carbocycles. The maximum absolute atomic E-state index is 11.4. The van der Waals surface area contributed by atoms with Gasteiger partial charge < -0.3 is 4.74 Å². The normalized spacial score (nSPS) is 35.8. The molecule has 0 aromatic heterocycles. The summed E-state index contributed by atoms with van der Waals surface area (Å²) in [6.45, 7) is 0.429. The van der Waals surface area contributed by atoms with Crippen molar-refractivity contribution in [2.45, 2.75) is 32.1 Å². The standard InChI is InChI=1S/C12H17NO3/c1-16-11(15)6-12(7-13-8-14)4-9-2-3-10(9)5-12/h9-10H,2-7H2,1H3/t9-,10+,12?. The van der Waals surface area contributed by atoms with Crippen molar-refractivity contribution in [3.8, 4) is 0 Å². The van der Waals surface area contributed by atoms with Crippen LogP contribution in [0.4, 0.5) is 0 Å². The molecule has 4 heteroatoms. The van der Waals surface area contributed by atoms with Crippen LogP contribution in [-0.4, -0.2) is 25.7 Å². The predicted molar refractivity (Wildman–Crippen MR) is 57.5 cm³/mol. The van der Waals surface area contributed by atoms with Crippen molar-refractivity contribution in [2.75, 3.05) is 13.7 Å². The van der Waals surface area contributed by atoms with Gasteiger partial charge in [-0.2, -0.15) is 0 Å². The second-order valence-corrected chi connectivity index (χ2v) is 5.17. The first-order valence-electron chi connectivity index (χ1n) is 5.79. The Labute approximate surface area is 95.1 Å². The minimum Gasteiger partial charge on any atom is -0.469 e. The van der Waals surface area contributed by atoms with E-state index in [0.29, 0.717) is 13.0 Å². The van der Waals surface area contributed by atoms with Crippen molar-refractivity contribution in [3.05, 3.63) is 0 Å². The van der Waals surface area contributed by atoms with Crippen LogP contribution in [0.25, 0.3) is 0 Å². The fourth-order valence-electron chi connectivity index (χ4n) is 3.28. The number of hydrogen-bond acceptors (Lipinski definition) is 4. The van der Waals surface area contributed by atoms with E-state index in [1.54, 1.807) is 6.08 Å². The highest BCUT2D eigenvalue weighted by molar-refractivity contribution is 5.70. The molecule has 88 valence electrons. The molecule has 3 atom stereocenters. The third kappa shape index (κ3) is 2.03.